The first kappa shape index (κ1) is 20.9. The maximum Gasteiger partial charge on any atom is 0.242 e. The third-order valence-corrected chi connectivity index (χ3v) is 5.88. The number of carbonyl (C=O) groups excluding carboxylic acids is 1. The highest BCUT2D eigenvalue weighted by Crippen LogP contribution is 2.41. The lowest BCUT2D eigenvalue weighted by molar-refractivity contribution is -0.115. The fourth-order valence-corrected chi connectivity index (χ4v) is 4.09. The fourth-order valence-electron chi connectivity index (χ4n) is 2.77. The quantitative estimate of drug-likeness (QED) is 0.388. The molecule has 1 atom stereocenters. The van der Waals surface area contributed by atoms with Crippen LogP contribution in [-0.4, -0.2) is 20.1 Å². The van der Waals surface area contributed by atoms with Crippen LogP contribution in [-0.2, 0) is 4.79 Å². The van der Waals surface area contributed by atoms with Crippen molar-refractivity contribution in [2.45, 2.75) is 10.1 Å². The first-order chi connectivity index (χ1) is 14.0. The summed E-state index contributed by atoms with van der Waals surface area (Å²) in [5, 5.41) is 2.78. The number of anilines is 2. The predicted molar refractivity (Wildman–Crippen MR) is 119 cm³/mol. The van der Waals surface area contributed by atoms with Crippen LogP contribution < -0.4 is 20.5 Å². The number of ether oxygens (including phenoxy) is 2. The molecule has 0 saturated heterocycles. The number of thioether (sulfide) groups is 1. The molecule has 3 N–H and O–H groups in total. The van der Waals surface area contributed by atoms with E-state index < -0.39 is 5.25 Å². The van der Waals surface area contributed by atoms with Gasteiger partial charge < -0.3 is 20.5 Å². The monoisotopic (exact) mass is 428 g/mol. The van der Waals surface area contributed by atoms with E-state index in [0.29, 0.717) is 27.9 Å². The van der Waals surface area contributed by atoms with Crippen LogP contribution in [0.3, 0.4) is 0 Å². The third kappa shape index (κ3) is 4.96. The molecule has 29 heavy (non-hydrogen) atoms. The van der Waals surface area contributed by atoms with Gasteiger partial charge in [-0.05, 0) is 23.8 Å². The smallest absolute Gasteiger partial charge is 0.242 e. The Bertz CT molecular complexity index is 999. The molecule has 5 nitrogen and oxygen atoms in total. The van der Waals surface area contributed by atoms with E-state index in [9.17, 15) is 4.79 Å². The second kappa shape index (κ2) is 9.58. The van der Waals surface area contributed by atoms with Crippen molar-refractivity contribution in [2.24, 2.45) is 0 Å². The second-order valence-corrected chi connectivity index (χ2v) is 7.68. The summed E-state index contributed by atoms with van der Waals surface area (Å²) in [5.74, 6) is 0.701. The molecular weight excluding hydrogens is 408 g/mol. The van der Waals surface area contributed by atoms with Gasteiger partial charge in [-0.2, -0.15) is 0 Å². The van der Waals surface area contributed by atoms with E-state index in [2.05, 4.69) is 5.32 Å². The van der Waals surface area contributed by atoms with Gasteiger partial charge in [0.15, 0.2) is 0 Å². The van der Waals surface area contributed by atoms with Crippen LogP contribution >= 0.6 is 23.4 Å². The van der Waals surface area contributed by atoms with E-state index in [4.69, 9.17) is 26.8 Å². The summed E-state index contributed by atoms with van der Waals surface area (Å²) in [6.45, 7) is 0. The molecule has 0 radical (unpaired) electrons. The first-order valence-corrected chi connectivity index (χ1v) is 10.1. The minimum Gasteiger partial charge on any atom is -0.495 e. The van der Waals surface area contributed by atoms with Crippen molar-refractivity contribution in [1.82, 2.24) is 0 Å². The lowest BCUT2D eigenvalue weighted by Crippen LogP contribution is -2.19. The summed E-state index contributed by atoms with van der Waals surface area (Å²) in [7, 11) is 3.04. The summed E-state index contributed by atoms with van der Waals surface area (Å²) < 4.78 is 10.6. The van der Waals surface area contributed by atoms with Gasteiger partial charge in [0, 0.05) is 16.6 Å². The van der Waals surface area contributed by atoms with Crippen molar-refractivity contribution < 1.29 is 14.3 Å². The average molecular weight is 429 g/mol. The molecule has 0 heterocycles. The van der Waals surface area contributed by atoms with Gasteiger partial charge in [0.2, 0.25) is 5.91 Å². The number of para-hydroxylation sites is 1. The maximum atomic E-state index is 13.3. The third-order valence-electron chi connectivity index (χ3n) is 4.24. The van der Waals surface area contributed by atoms with Gasteiger partial charge in [-0.3, -0.25) is 4.79 Å². The zero-order chi connectivity index (χ0) is 20.8. The highest BCUT2D eigenvalue weighted by molar-refractivity contribution is 8.00. The van der Waals surface area contributed by atoms with E-state index in [-0.39, 0.29) is 5.91 Å². The van der Waals surface area contributed by atoms with Crippen molar-refractivity contribution in [3.63, 3.8) is 0 Å². The highest BCUT2D eigenvalue weighted by Gasteiger charge is 2.24. The molecule has 0 saturated carbocycles. The molecule has 0 spiro atoms. The predicted octanol–water partition coefficient (Wildman–Crippen LogP) is 5.41. The van der Waals surface area contributed by atoms with E-state index in [1.54, 1.807) is 12.1 Å². The molecule has 0 aliphatic carbocycles. The van der Waals surface area contributed by atoms with Gasteiger partial charge in [-0.25, -0.2) is 0 Å². The average Bonchev–Trinajstić information content (AvgIpc) is 2.74. The van der Waals surface area contributed by atoms with Crippen LogP contribution in [0.25, 0.3) is 0 Å². The largest absolute Gasteiger partial charge is 0.495 e. The molecule has 3 aromatic carbocycles. The summed E-state index contributed by atoms with van der Waals surface area (Å²) in [5.41, 5.74) is 8.04. The molecule has 0 aliphatic heterocycles. The van der Waals surface area contributed by atoms with Crippen LogP contribution in [0.4, 0.5) is 11.4 Å². The topological polar surface area (TPSA) is 73.6 Å². The minimum absolute atomic E-state index is 0.219. The Hall–Kier alpha value is -2.83. The molecule has 7 heteroatoms. The van der Waals surface area contributed by atoms with E-state index >= 15 is 0 Å². The minimum atomic E-state index is -0.522. The number of hydrogen-bond acceptors (Lipinski definition) is 5. The van der Waals surface area contributed by atoms with Gasteiger partial charge in [0.25, 0.3) is 0 Å². The second-order valence-electron chi connectivity index (χ2n) is 6.12. The first-order valence-electron chi connectivity index (χ1n) is 8.82. The van der Waals surface area contributed by atoms with Crippen LogP contribution in [0.15, 0.2) is 71.6 Å². The summed E-state index contributed by atoms with van der Waals surface area (Å²) in [6.07, 6.45) is 0. The Morgan fingerprint density at radius 2 is 1.66 bits per heavy atom. The Morgan fingerprint density at radius 3 is 2.31 bits per heavy atom. The molecule has 150 valence electrons. The van der Waals surface area contributed by atoms with Crippen molar-refractivity contribution in [2.75, 3.05) is 25.3 Å². The number of methoxy groups -OCH3 is 2. The molecule has 0 aromatic heterocycles. The Balaban J connectivity index is 1.93. The number of rotatable bonds is 7. The van der Waals surface area contributed by atoms with Gasteiger partial charge >= 0.3 is 0 Å². The maximum absolute atomic E-state index is 13.3. The van der Waals surface area contributed by atoms with Crippen LogP contribution in [0, 0.1) is 0 Å². The van der Waals surface area contributed by atoms with Crippen LogP contribution in [0.2, 0.25) is 5.02 Å². The Labute approximate surface area is 179 Å². The van der Waals surface area contributed by atoms with Gasteiger partial charge in [-0.15, -0.1) is 11.8 Å². The Morgan fingerprint density at radius 1 is 1.00 bits per heavy atom. The number of amides is 1. The number of nitrogen functional groups attached to an aromatic ring is 1. The highest BCUT2D eigenvalue weighted by atomic mass is 35.5. The van der Waals surface area contributed by atoms with Crippen molar-refractivity contribution >= 4 is 40.6 Å². The van der Waals surface area contributed by atoms with E-state index in [0.717, 1.165) is 10.5 Å². The summed E-state index contributed by atoms with van der Waals surface area (Å²) in [6, 6.07) is 20.2. The van der Waals surface area contributed by atoms with Crippen molar-refractivity contribution in [3.05, 3.63) is 77.3 Å². The summed E-state index contributed by atoms with van der Waals surface area (Å²) in [4.78, 5) is 14.1. The lowest BCUT2D eigenvalue weighted by atomic mass is 10.1. The van der Waals surface area contributed by atoms with E-state index in [1.165, 1.54) is 26.0 Å². The van der Waals surface area contributed by atoms with Crippen molar-refractivity contribution in [3.8, 4) is 11.5 Å². The number of benzene rings is 3. The van der Waals surface area contributed by atoms with Crippen LogP contribution in [0.5, 0.6) is 11.5 Å². The zero-order valence-electron chi connectivity index (χ0n) is 16.0. The molecule has 0 fully saturated rings. The van der Waals surface area contributed by atoms with E-state index in [1.807, 2.05) is 54.6 Å². The molecule has 0 aliphatic rings. The van der Waals surface area contributed by atoms with Crippen LogP contribution in [0.1, 0.15) is 10.8 Å². The fraction of sp³-hybridized carbons (Fsp3) is 0.136. The molecule has 0 bridgehead atoms. The van der Waals surface area contributed by atoms with Gasteiger partial charge in [-0.1, -0.05) is 54.1 Å². The van der Waals surface area contributed by atoms with Gasteiger partial charge in [0.1, 0.15) is 16.7 Å². The summed E-state index contributed by atoms with van der Waals surface area (Å²) >= 11 is 7.62. The number of carbonyl (C=O) groups is 1. The molecule has 1 amide bonds. The normalized spacial score (nSPS) is 11.6. The van der Waals surface area contributed by atoms with Crippen molar-refractivity contribution in [1.29, 1.82) is 0 Å². The number of nitrogens with one attached hydrogen (secondary N) is 1. The number of nitrogens with two attached hydrogens (primary N) is 1. The Kier molecular flexibility index (Phi) is 6.90. The molecule has 1 unspecified atom stereocenters. The molecule has 3 aromatic rings. The molecule has 3 rings (SSSR count). The van der Waals surface area contributed by atoms with Gasteiger partial charge in [0.05, 0.1) is 24.9 Å². The molecular formula is C22H21ClN2O3S. The zero-order valence-corrected chi connectivity index (χ0v) is 17.6. The number of halogens is 1. The standard InChI is InChI=1S/C22H21ClN2O3S/c1-27-18-13-19(28-2)17(12-15(18)23)25-22(26)21(14-8-4-3-5-9-14)29-20-11-7-6-10-16(20)24/h3-13,21H,24H2,1-2H3,(H,25,26). The SMILES string of the molecule is COc1cc(OC)c(NC(=O)C(Sc2ccccc2N)c2ccccc2)cc1Cl. The lowest BCUT2D eigenvalue weighted by Gasteiger charge is -2.19. The number of hydrogen-bond donors (Lipinski definition) is 2.